The zero-order chi connectivity index (χ0) is 22.3. The zero-order valence-corrected chi connectivity index (χ0v) is 16.2. The summed E-state index contributed by atoms with van der Waals surface area (Å²) in [4.78, 5) is 12.0. The minimum absolute atomic E-state index is 0.0668. The monoisotopic (exact) mass is 424 g/mol. The summed E-state index contributed by atoms with van der Waals surface area (Å²) in [5.41, 5.74) is -5.12. The Labute approximate surface area is 169 Å². The Kier molecular flexibility index (Phi) is 5.36. The molecule has 30 heavy (non-hydrogen) atoms. The second-order valence-corrected chi connectivity index (χ2v) is 7.94. The lowest BCUT2D eigenvalue weighted by molar-refractivity contribution is -0.272. The minimum Gasteiger partial charge on any atom is -0.508 e. The van der Waals surface area contributed by atoms with Crippen LogP contribution in [0.5, 0.6) is 5.75 Å². The van der Waals surface area contributed by atoms with Gasteiger partial charge in [-0.1, -0.05) is 26.0 Å². The van der Waals surface area contributed by atoms with Crippen LogP contribution in [0, 0.1) is 5.82 Å². The summed E-state index contributed by atoms with van der Waals surface area (Å²) < 4.78 is 56.6. The van der Waals surface area contributed by atoms with Gasteiger partial charge in [0.2, 0.25) is 5.43 Å². The summed E-state index contributed by atoms with van der Waals surface area (Å²) in [7, 11) is 0. The molecule has 3 aromatic rings. The van der Waals surface area contributed by atoms with Crippen LogP contribution in [0.1, 0.15) is 25.8 Å². The lowest BCUT2D eigenvalue weighted by Gasteiger charge is -2.38. The van der Waals surface area contributed by atoms with Crippen molar-refractivity contribution >= 4 is 10.9 Å². The molecule has 0 saturated carbocycles. The third-order valence-corrected chi connectivity index (χ3v) is 5.12. The summed E-state index contributed by atoms with van der Waals surface area (Å²) in [5, 5.41) is 24.7. The maximum absolute atomic E-state index is 14.0. The fourth-order valence-electron chi connectivity index (χ4n) is 3.66. The van der Waals surface area contributed by atoms with Crippen molar-refractivity contribution in [2.75, 3.05) is 0 Å². The van der Waals surface area contributed by atoms with Gasteiger partial charge in [0.15, 0.2) is 5.60 Å². The molecule has 1 unspecified atom stereocenters. The average Bonchev–Trinajstić information content (AvgIpc) is 2.65. The molecule has 0 radical (unpaired) electrons. The van der Waals surface area contributed by atoms with Gasteiger partial charge in [-0.05, 0) is 42.2 Å². The highest BCUT2D eigenvalue weighted by molar-refractivity contribution is 5.77. The highest BCUT2D eigenvalue weighted by Gasteiger charge is 2.56. The highest BCUT2D eigenvalue weighted by atomic mass is 19.4. The van der Waals surface area contributed by atoms with Gasteiger partial charge < -0.3 is 10.2 Å². The number of para-hydroxylation sites is 1. The van der Waals surface area contributed by atoms with Gasteiger partial charge in [0.05, 0.1) is 18.3 Å². The van der Waals surface area contributed by atoms with E-state index >= 15 is 0 Å². The molecule has 0 aliphatic carbocycles. The summed E-state index contributed by atoms with van der Waals surface area (Å²) in [5.74, 6) is -1.10. The first kappa shape index (κ1) is 21.8. The Bertz CT molecular complexity index is 1140. The molecule has 1 atom stereocenters. The van der Waals surface area contributed by atoms with Gasteiger partial charge in [-0.25, -0.2) is 4.39 Å². The Hall–Kier alpha value is -2.94. The van der Waals surface area contributed by atoms with Crippen LogP contribution < -0.4 is 5.43 Å². The third kappa shape index (κ3) is 4.02. The van der Waals surface area contributed by atoms with Crippen molar-refractivity contribution in [1.82, 2.24) is 9.78 Å². The lowest BCUT2D eigenvalue weighted by atomic mass is 9.74. The molecule has 5 nitrogen and oxygen atoms in total. The third-order valence-electron chi connectivity index (χ3n) is 5.12. The van der Waals surface area contributed by atoms with E-state index in [1.807, 2.05) is 0 Å². The molecule has 160 valence electrons. The standard InChI is InChI=1S/C21H20F4N2O3/c1-19(2,15-9-13(22)7-8-17(15)28)11-20(30,21(23,24)25)12-27-16-6-4-3-5-14(16)18(29)10-26-27/h3-10,28,30H,11-12H2,1-2H3. The zero-order valence-electron chi connectivity index (χ0n) is 16.2. The molecule has 2 N–H and O–H groups in total. The molecule has 2 aromatic carbocycles. The molecular formula is C21H20F4N2O3. The van der Waals surface area contributed by atoms with Gasteiger partial charge in [0, 0.05) is 10.9 Å². The fraction of sp³-hybridized carbons (Fsp3) is 0.333. The summed E-state index contributed by atoms with van der Waals surface area (Å²) in [6, 6.07) is 8.98. The number of phenolic OH excluding ortho intramolecular Hbond substituents is 1. The molecule has 0 aliphatic rings. The van der Waals surface area contributed by atoms with E-state index in [2.05, 4.69) is 5.10 Å². The second kappa shape index (κ2) is 7.39. The Balaban J connectivity index is 2.07. The highest BCUT2D eigenvalue weighted by Crippen LogP contribution is 2.44. The van der Waals surface area contributed by atoms with E-state index in [-0.39, 0.29) is 22.2 Å². The first-order chi connectivity index (χ1) is 13.8. The summed E-state index contributed by atoms with van der Waals surface area (Å²) in [6.07, 6.45) is -5.07. The van der Waals surface area contributed by atoms with E-state index in [1.165, 1.54) is 26.0 Å². The van der Waals surface area contributed by atoms with Gasteiger partial charge in [-0.15, -0.1) is 0 Å². The van der Waals surface area contributed by atoms with Gasteiger partial charge in [0.1, 0.15) is 11.6 Å². The molecule has 0 fully saturated rings. The average molecular weight is 424 g/mol. The number of aromatic nitrogens is 2. The maximum atomic E-state index is 14.0. The van der Waals surface area contributed by atoms with Crippen molar-refractivity contribution in [3.05, 3.63) is 70.3 Å². The number of aromatic hydroxyl groups is 1. The molecule has 0 spiro atoms. The van der Waals surface area contributed by atoms with E-state index in [9.17, 15) is 32.6 Å². The number of halogens is 4. The number of rotatable bonds is 5. The number of benzene rings is 2. The molecule has 0 amide bonds. The molecule has 1 aromatic heterocycles. The number of phenols is 1. The fourth-order valence-corrected chi connectivity index (χ4v) is 3.66. The van der Waals surface area contributed by atoms with Gasteiger partial charge in [0.25, 0.3) is 0 Å². The van der Waals surface area contributed by atoms with Crippen LogP contribution in [0.25, 0.3) is 10.9 Å². The number of alkyl halides is 3. The van der Waals surface area contributed by atoms with E-state index in [0.717, 1.165) is 29.1 Å². The first-order valence-corrected chi connectivity index (χ1v) is 9.07. The molecule has 9 heteroatoms. The van der Waals surface area contributed by atoms with Gasteiger partial charge in [-0.3, -0.25) is 9.48 Å². The number of hydrogen-bond acceptors (Lipinski definition) is 4. The smallest absolute Gasteiger partial charge is 0.419 e. The normalized spacial score (nSPS) is 14.6. The van der Waals surface area contributed by atoms with Gasteiger partial charge >= 0.3 is 6.18 Å². The molecule has 0 bridgehead atoms. The largest absolute Gasteiger partial charge is 0.508 e. The van der Waals surface area contributed by atoms with Crippen LogP contribution in [0.4, 0.5) is 17.6 Å². The number of hydrogen-bond donors (Lipinski definition) is 2. The van der Waals surface area contributed by atoms with Crippen molar-refractivity contribution in [3.8, 4) is 5.75 Å². The van der Waals surface area contributed by atoms with Crippen LogP contribution in [0.15, 0.2) is 53.5 Å². The molecule has 0 aliphatic heterocycles. The molecular weight excluding hydrogens is 404 g/mol. The Morgan fingerprint density at radius 3 is 2.43 bits per heavy atom. The SMILES string of the molecule is CC(C)(CC(O)(Cn1ncc(=O)c2ccccc21)C(F)(F)F)c1cc(F)ccc1O. The minimum atomic E-state index is -5.07. The van der Waals surface area contributed by atoms with Crippen molar-refractivity contribution in [3.63, 3.8) is 0 Å². The molecule has 3 rings (SSSR count). The van der Waals surface area contributed by atoms with E-state index in [0.29, 0.717) is 0 Å². The number of aliphatic hydroxyl groups is 1. The number of fused-ring (bicyclic) bond motifs is 1. The van der Waals surface area contributed by atoms with Crippen molar-refractivity contribution in [2.24, 2.45) is 0 Å². The maximum Gasteiger partial charge on any atom is 0.419 e. The summed E-state index contributed by atoms with van der Waals surface area (Å²) in [6.45, 7) is 1.75. The van der Waals surface area contributed by atoms with E-state index < -0.39 is 41.4 Å². The van der Waals surface area contributed by atoms with Crippen LogP contribution in [0.3, 0.4) is 0 Å². The van der Waals surface area contributed by atoms with Crippen LogP contribution in [-0.2, 0) is 12.0 Å². The number of nitrogens with zero attached hydrogens (tertiary/aromatic N) is 2. The predicted octanol–water partition coefficient (Wildman–Crippen LogP) is 3.90. The summed E-state index contributed by atoms with van der Waals surface area (Å²) >= 11 is 0. The Morgan fingerprint density at radius 1 is 1.10 bits per heavy atom. The quantitative estimate of drug-likeness (QED) is 0.609. The van der Waals surface area contributed by atoms with Crippen molar-refractivity contribution in [1.29, 1.82) is 0 Å². The lowest BCUT2D eigenvalue weighted by Crippen LogP contribution is -2.52. The van der Waals surface area contributed by atoms with Gasteiger partial charge in [-0.2, -0.15) is 18.3 Å². The predicted molar refractivity (Wildman–Crippen MR) is 103 cm³/mol. The van der Waals surface area contributed by atoms with Crippen molar-refractivity contribution in [2.45, 2.75) is 44.0 Å². The van der Waals surface area contributed by atoms with Crippen LogP contribution in [-0.4, -0.2) is 31.8 Å². The van der Waals surface area contributed by atoms with E-state index in [4.69, 9.17) is 0 Å². The van der Waals surface area contributed by atoms with Crippen LogP contribution >= 0.6 is 0 Å². The Morgan fingerprint density at radius 2 is 1.77 bits per heavy atom. The van der Waals surface area contributed by atoms with Crippen LogP contribution in [0.2, 0.25) is 0 Å². The van der Waals surface area contributed by atoms with Crippen molar-refractivity contribution < 1.29 is 27.8 Å². The van der Waals surface area contributed by atoms with E-state index in [1.54, 1.807) is 12.1 Å². The first-order valence-electron chi connectivity index (χ1n) is 9.07. The molecule has 1 heterocycles. The molecule has 0 saturated heterocycles. The second-order valence-electron chi connectivity index (χ2n) is 7.94. The topological polar surface area (TPSA) is 75.3 Å².